The van der Waals surface area contributed by atoms with Crippen LogP contribution in [0.4, 0.5) is 13.2 Å². The zero-order valence-corrected chi connectivity index (χ0v) is 15.0. The minimum absolute atomic E-state index is 0.0224. The van der Waals surface area contributed by atoms with Crippen molar-refractivity contribution < 1.29 is 26.4 Å². The van der Waals surface area contributed by atoms with Crippen molar-refractivity contribution >= 4 is 27.7 Å². The summed E-state index contributed by atoms with van der Waals surface area (Å²) in [7, 11) is -3.39. The number of hydrogen-bond donors (Lipinski definition) is 1. The highest BCUT2D eigenvalue weighted by molar-refractivity contribution is 7.99. The molecule has 1 N–H and O–H groups in total. The molecule has 1 amide bonds. The normalized spacial score (nSPS) is 16.6. The van der Waals surface area contributed by atoms with Crippen molar-refractivity contribution in [1.29, 1.82) is 0 Å². The Labute approximate surface area is 149 Å². The van der Waals surface area contributed by atoms with Crippen molar-refractivity contribution in [2.45, 2.75) is 12.6 Å². The molecule has 1 heterocycles. The quantitative estimate of drug-likeness (QED) is 0.796. The second-order valence-corrected chi connectivity index (χ2v) is 8.86. The second kappa shape index (κ2) is 8.41. The second-order valence-electron chi connectivity index (χ2n) is 5.55. The van der Waals surface area contributed by atoms with Gasteiger partial charge in [0.25, 0.3) is 0 Å². The number of nitrogens with one attached hydrogen (secondary N) is 1. The summed E-state index contributed by atoms with van der Waals surface area (Å²) in [5.41, 5.74) is -0.344. The molecule has 0 saturated carbocycles. The summed E-state index contributed by atoms with van der Waals surface area (Å²) in [4.78, 5) is 11.8. The minimum Gasteiger partial charge on any atom is -0.355 e. The van der Waals surface area contributed by atoms with Gasteiger partial charge in [-0.1, -0.05) is 12.1 Å². The molecule has 0 aromatic heterocycles. The molecule has 1 aromatic carbocycles. The molecule has 0 spiro atoms. The molecule has 0 bridgehead atoms. The molecule has 1 aliphatic rings. The molecule has 0 unspecified atom stereocenters. The highest BCUT2D eigenvalue weighted by Crippen LogP contribution is 2.29. The van der Waals surface area contributed by atoms with Crippen LogP contribution in [0.5, 0.6) is 0 Å². The predicted molar refractivity (Wildman–Crippen MR) is 90.8 cm³/mol. The van der Waals surface area contributed by atoms with Gasteiger partial charge in [-0.25, -0.2) is 12.7 Å². The lowest BCUT2D eigenvalue weighted by Crippen LogP contribution is -2.42. The van der Waals surface area contributed by atoms with Crippen molar-refractivity contribution in [3.63, 3.8) is 0 Å². The van der Waals surface area contributed by atoms with Gasteiger partial charge in [-0.2, -0.15) is 24.9 Å². The van der Waals surface area contributed by atoms with Gasteiger partial charge < -0.3 is 5.32 Å². The Morgan fingerprint density at radius 1 is 1.16 bits per heavy atom. The Hall–Kier alpha value is -1.26. The maximum absolute atomic E-state index is 12.5. The van der Waals surface area contributed by atoms with E-state index in [0.29, 0.717) is 18.7 Å². The Kier molecular flexibility index (Phi) is 6.75. The van der Waals surface area contributed by atoms with Crippen LogP contribution in [0.25, 0.3) is 0 Å². The zero-order valence-electron chi connectivity index (χ0n) is 13.4. The number of carbonyl (C=O) groups excluding carboxylic acids is 1. The van der Waals surface area contributed by atoms with E-state index in [1.807, 2.05) is 0 Å². The third-order valence-electron chi connectivity index (χ3n) is 3.69. The summed E-state index contributed by atoms with van der Waals surface area (Å²) >= 11 is 1.70. The van der Waals surface area contributed by atoms with Gasteiger partial charge >= 0.3 is 6.18 Å². The molecular weight excluding hydrogens is 377 g/mol. The Balaban J connectivity index is 1.78. The number of alkyl halides is 3. The molecule has 1 aromatic rings. The van der Waals surface area contributed by atoms with Gasteiger partial charge in [0.2, 0.25) is 15.9 Å². The van der Waals surface area contributed by atoms with E-state index in [0.717, 1.165) is 23.6 Å². The first kappa shape index (κ1) is 20.1. The fourth-order valence-electron chi connectivity index (χ4n) is 2.33. The molecule has 1 fully saturated rings. The number of benzene rings is 1. The minimum atomic E-state index is -4.41. The van der Waals surface area contributed by atoms with Crippen molar-refractivity contribution in [3.05, 3.63) is 35.4 Å². The average Bonchev–Trinajstić information content (AvgIpc) is 2.55. The summed E-state index contributed by atoms with van der Waals surface area (Å²) in [6.45, 7) is 0.935. The zero-order chi connectivity index (χ0) is 18.5. The largest absolute Gasteiger partial charge is 0.416 e. The van der Waals surface area contributed by atoms with E-state index in [-0.39, 0.29) is 18.7 Å². The van der Waals surface area contributed by atoms with E-state index in [4.69, 9.17) is 0 Å². The molecular formula is C15H19F3N2O3S2. The van der Waals surface area contributed by atoms with Gasteiger partial charge in [0.1, 0.15) is 0 Å². The van der Waals surface area contributed by atoms with Gasteiger partial charge in [-0.15, -0.1) is 0 Å². The van der Waals surface area contributed by atoms with Crippen LogP contribution in [0.2, 0.25) is 0 Å². The van der Waals surface area contributed by atoms with Crippen LogP contribution in [-0.2, 0) is 27.4 Å². The molecule has 0 aliphatic carbocycles. The van der Waals surface area contributed by atoms with Gasteiger partial charge in [0.05, 0.1) is 17.7 Å². The number of nitrogens with zero attached hydrogens (tertiary/aromatic N) is 1. The van der Waals surface area contributed by atoms with E-state index in [1.165, 1.54) is 16.4 Å². The van der Waals surface area contributed by atoms with Crippen LogP contribution in [0.1, 0.15) is 11.1 Å². The van der Waals surface area contributed by atoms with E-state index >= 15 is 0 Å². The van der Waals surface area contributed by atoms with Gasteiger partial charge in [-0.3, -0.25) is 4.79 Å². The van der Waals surface area contributed by atoms with E-state index < -0.39 is 27.7 Å². The van der Waals surface area contributed by atoms with Gasteiger partial charge in [0.15, 0.2) is 0 Å². The predicted octanol–water partition coefficient (Wildman–Crippen LogP) is 1.74. The number of hydrogen-bond acceptors (Lipinski definition) is 4. The van der Waals surface area contributed by atoms with Crippen molar-refractivity contribution in [1.82, 2.24) is 9.62 Å². The van der Waals surface area contributed by atoms with E-state index in [2.05, 4.69) is 5.32 Å². The number of thioether (sulfide) groups is 1. The Morgan fingerprint density at radius 3 is 2.32 bits per heavy atom. The van der Waals surface area contributed by atoms with Gasteiger partial charge in [-0.05, 0) is 17.7 Å². The number of carbonyl (C=O) groups is 1. The van der Waals surface area contributed by atoms with E-state index in [9.17, 15) is 26.4 Å². The molecule has 1 saturated heterocycles. The third-order valence-corrected chi connectivity index (χ3v) is 6.51. The molecule has 25 heavy (non-hydrogen) atoms. The molecule has 0 radical (unpaired) electrons. The third kappa shape index (κ3) is 6.19. The summed E-state index contributed by atoms with van der Waals surface area (Å²) in [5, 5.41) is 2.50. The fraction of sp³-hybridized carbons (Fsp3) is 0.533. The Morgan fingerprint density at radius 2 is 1.76 bits per heavy atom. The summed E-state index contributed by atoms with van der Waals surface area (Å²) in [6.07, 6.45) is -4.51. The average molecular weight is 396 g/mol. The lowest BCUT2D eigenvalue weighted by atomic mass is 10.1. The van der Waals surface area contributed by atoms with Crippen LogP contribution in [0, 0.1) is 0 Å². The molecule has 5 nitrogen and oxygen atoms in total. The number of amides is 1. The number of sulfonamides is 1. The first-order chi connectivity index (χ1) is 11.7. The SMILES string of the molecule is O=C(Cc1ccc(C(F)(F)F)cc1)NCCS(=O)(=O)N1CCSCC1. The van der Waals surface area contributed by atoms with Crippen molar-refractivity contribution in [3.8, 4) is 0 Å². The van der Waals surface area contributed by atoms with Crippen molar-refractivity contribution in [2.24, 2.45) is 0 Å². The summed E-state index contributed by atoms with van der Waals surface area (Å²) in [5.74, 6) is 0.916. The maximum Gasteiger partial charge on any atom is 0.416 e. The number of halogens is 3. The van der Waals surface area contributed by atoms with Crippen LogP contribution in [0.15, 0.2) is 24.3 Å². The maximum atomic E-state index is 12.5. The van der Waals surface area contributed by atoms with Crippen LogP contribution < -0.4 is 5.32 Å². The topological polar surface area (TPSA) is 66.5 Å². The first-order valence-corrected chi connectivity index (χ1v) is 10.4. The Bertz CT molecular complexity index is 685. The standard InChI is InChI=1S/C15H19F3N2O3S2/c16-15(17,18)13-3-1-12(2-4-13)11-14(21)19-5-10-25(22,23)20-6-8-24-9-7-20/h1-4H,5-11H2,(H,19,21). The fourth-order valence-corrected chi connectivity index (χ4v) is 4.82. The lowest BCUT2D eigenvalue weighted by Gasteiger charge is -2.25. The smallest absolute Gasteiger partial charge is 0.355 e. The molecule has 0 atom stereocenters. The van der Waals surface area contributed by atoms with Crippen LogP contribution >= 0.6 is 11.8 Å². The van der Waals surface area contributed by atoms with E-state index in [1.54, 1.807) is 11.8 Å². The summed E-state index contributed by atoms with van der Waals surface area (Å²) in [6, 6.07) is 4.32. The van der Waals surface area contributed by atoms with Gasteiger partial charge in [0, 0.05) is 31.1 Å². The highest BCUT2D eigenvalue weighted by Gasteiger charge is 2.30. The molecule has 1 aliphatic heterocycles. The van der Waals surface area contributed by atoms with Crippen molar-refractivity contribution in [2.75, 3.05) is 36.9 Å². The first-order valence-electron chi connectivity index (χ1n) is 7.67. The lowest BCUT2D eigenvalue weighted by molar-refractivity contribution is -0.137. The van der Waals surface area contributed by atoms with Crippen LogP contribution in [0.3, 0.4) is 0 Å². The molecule has 2 rings (SSSR count). The number of rotatable bonds is 6. The van der Waals surface area contributed by atoms with Crippen LogP contribution in [-0.4, -0.2) is 55.5 Å². The highest BCUT2D eigenvalue weighted by atomic mass is 32.2. The monoisotopic (exact) mass is 396 g/mol. The molecule has 10 heteroatoms. The molecule has 140 valence electrons. The summed E-state index contributed by atoms with van der Waals surface area (Å²) < 4.78 is 63.1.